The van der Waals surface area contributed by atoms with Gasteiger partial charge in [0.05, 0.1) is 23.8 Å². The minimum atomic E-state index is -0.329. The number of aromatic nitrogens is 2. The van der Waals surface area contributed by atoms with Crippen LogP contribution in [-0.4, -0.2) is 34.6 Å². The number of amides is 1. The van der Waals surface area contributed by atoms with Crippen LogP contribution in [0.4, 0.5) is 10.5 Å². The molecule has 3 atom stereocenters. The average Bonchev–Trinajstić information content (AvgIpc) is 3.27. The molecule has 0 radical (unpaired) electrons. The van der Waals surface area contributed by atoms with Crippen LogP contribution in [0.1, 0.15) is 62.0 Å². The van der Waals surface area contributed by atoms with Crippen LogP contribution < -0.4 is 22.0 Å². The van der Waals surface area contributed by atoms with Gasteiger partial charge in [0.15, 0.2) is 0 Å². The summed E-state index contributed by atoms with van der Waals surface area (Å²) < 4.78 is 7.53. The van der Waals surface area contributed by atoms with Crippen LogP contribution in [0.25, 0.3) is 11.0 Å². The normalized spacial score (nSPS) is 22.4. The zero-order chi connectivity index (χ0) is 25.2. The van der Waals surface area contributed by atoms with Gasteiger partial charge in [-0.3, -0.25) is 4.90 Å². The van der Waals surface area contributed by atoms with Crippen LogP contribution in [0, 0.1) is 5.92 Å². The Morgan fingerprint density at radius 1 is 1.19 bits per heavy atom. The predicted molar refractivity (Wildman–Crippen MR) is 142 cm³/mol. The number of hydrazone groups is 1. The van der Waals surface area contributed by atoms with Crippen LogP contribution in [0.15, 0.2) is 47.6 Å². The van der Waals surface area contributed by atoms with Gasteiger partial charge in [-0.1, -0.05) is 36.8 Å². The Bertz CT molecular complexity index is 1270. The minimum Gasteiger partial charge on any atom is -0.452 e. The van der Waals surface area contributed by atoms with Crippen molar-refractivity contribution in [3.63, 3.8) is 0 Å². The monoisotopic (exact) mass is 489 g/mol. The lowest BCUT2D eigenvalue weighted by Gasteiger charge is -2.34. The van der Waals surface area contributed by atoms with Gasteiger partial charge in [0.25, 0.3) is 0 Å². The summed E-state index contributed by atoms with van der Waals surface area (Å²) >= 11 is 0. The van der Waals surface area contributed by atoms with Crippen LogP contribution in [-0.2, 0) is 17.6 Å². The lowest BCUT2D eigenvalue weighted by molar-refractivity contribution is 0.175. The molecule has 5 rings (SSSR count). The Kier molecular flexibility index (Phi) is 6.82. The number of hydrazine groups is 1. The Balaban J connectivity index is 1.63. The summed E-state index contributed by atoms with van der Waals surface area (Å²) in [7, 11) is 1.43. The highest BCUT2D eigenvalue weighted by molar-refractivity contribution is 5.95. The van der Waals surface area contributed by atoms with Gasteiger partial charge in [-0.2, -0.15) is 5.10 Å². The SMILES string of the molecule is COC(=O)N1c2ccc3c(nc(Cc4ccccc4)n3C3CCC[C@@H](/C(=N/N)NN)C3)c2CCC1C. The zero-order valence-electron chi connectivity index (χ0n) is 21.0. The first-order valence-electron chi connectivity index (χ1n) is 12.7. The van der Waals surface area contributed by atoms with Crippen LogP contribution >= 0.6 is 0 Å². The summed E-state index contributed by atoms with van der Waals surface area (Å²) in [6.07, 6.45) is 6.13. The van der Waals surface area contributed by atoms with Gasteiger partial charge in [0, 0.05) is 30.0 Å². The molecule has 9 heteroatoms. The molecule has 2 heterocycles. The van der Waals surface area contributed by atoms with Crippen molar-refractivity contribution in [2.75, 3.05) is 12.0 Å². The second-order valence-electron chi connectivity index (χ2n) is 9.90. The standard InChI is InChI=1S/C27H35N7O2/c1-17-11-12-21-22(33(17)27(35)36-2)13-14-23-25(21)30-24(15-18-7-4-3-5-8-18)34(23)20-10-6-9-19(16-20)26(31-28)32-29/h3-5,7-8,13-14,17,19-20H,6,9-12,15-16,28-29H2,1-2H3,(H,31,32)/t17?,19-,20?/m1/s1. The van der Waals surface area contributed by atoms with Crippen LogP contribution in [0.3, 0.4) is 0 Å². The molecule has 0 saturated heterocycles. The van der Waals surface area contributed by atoms with E-state index >= 15 is 0 Å². The molecule has 1 aliphatic carbocycles. The number of nitrogens with two attached hydrogens (primary N) is 2. The fourth-order valence-electron chi connectivity index (χ4n) is 6.04. The highest BCUT2D eigenvalue weighted by Gasteiger charge is 2.33. The minimum absolute atomic E-state index is 0.0742. The number of methoxy groups -OCH3 is 1. The quantitative estimate of drug-likeness (QED) is 0.220. The summed E-state index contributed by atoms with van der Waals surface area (Å²) in [5, 5.41) is 3.90. The van der Waals surface area contributed by atoms with E-state index in [1.807, 2.05) is 6.07 Å². The van der Waals surface area contributed by atoms with Crippen LogP contribution in [0.2, 0.25) is 0 Å². The number of nitrogens with zero attached hydrogens (tertiary/aromatic N) is 4. The van der Waals surface area contributed by atoms with E-state index in [-0.39, 0.29) is 24.1 Å². The molecule has 3 aromatic rings. The molecule has 1 fully saturated rings. The van der Waals surface area contributed by atoms with Gasteiger partial charge < -0.3 is 20.6 Å². The Labute approximate surface area is 211 Å². The first kappa shape index (κ1) is 24.1. The molecule has 1 aliphatic heterocycles. The first-order valence-corrected chi connectivity index (χ1v) is 12.7. The number of benzene rings is 2. The third kappa shape index (κ3) is 4.28. The number of aryl methyl sites for hydroxylation is 1. The van der Waals surface area contributed by atoms with Crippen molar-refractivity contribution in [3.8, 4) is 0 Å². The molecule has 1 aromatic heterocycles. The van der Waals surface area contributed by atoms with E-state index in [4.69, 9.17) is 21.4 Å². The largest absolute Gasteiger partial charge is 0.452 e. The summed E-state index contributed by atoms with van der Waals surface area (Å²) in [4.78, 5) is 19.6. The molecule has 0 bridgehead atoms. The zero-order valence-corrected chi connectivity index (χ0v) is 21.0. The number of imidazole rings is 1. The van der Waals surface area contributed by atoms with E-state index in [2.05, 4.69) is 58.4 Å². The van der Waals surface area contributed by atoms with Gasteiger partial charge in [0.1, 0.15) is 11.7 Å². The topological polar surface area (TPSA) is 124 Å². The molecule has 9 nitrogen and oxygen atoms in total. The van der Waals surface area contributed by atoms with E-state index in [1.165, 1.54) is 12.7 Å². The molecule has 190 valence electrons. The third-order valence-electron chi connectivity index (χ3n) is 7.79. The van der Waals surface area contributed by atoms with E-state index in [9.17, 15) is 4.79 Å². The second kappa shape index (κ2) is 10.2. The number of carbonyl (C=O) groups excluding carboxylic acids is 1. The Morgan fingerprint density at radius 3 is 2.72 bits per heavy atom. The maximum absolute atomic E-state index is 12.6. The second-order valence-corrected chi connectivity index (χ2v) is 9.90. The lowest BCUT2D eigenvalue weighted by atomic mass is 9.84. The van der Waals surface area contributed by atoms with Gasteiger partial charge in [-0.15, -0.1) is 0 Å². The molecule has 36 heavy (non-hydrogen) atoms. The number of amidine groups is 1. The molecule has 0 spiro atoms. The molecule has 2 aromatic carbocycles. The molecule has 1 saturated carbocycles. The van der Waals surface area contributed by atoms with E-state index in [0.717, 1.165) is 73.1 Å². The number of carbonyl (C=O) groups is 1. The number of fused-ring (bicyclic) bond motifs is 3. The van der Waals surface area contributed by atoms with Gasteiger partial charge in [-0.25, -0.2) is 15.6 Å². The highest BCUT2D eigenvalue weighted by atomic mass is 16.5. The fraction of sp³-hybridized carbons (Fsp3) is 0.444. The summed E-state index contributed by atoms with van der Waals surface area (Å²) in [5.41, 5.74) is 8.01. The van der Waals surface area contributed by atoms with Crippen molar-refractivity contribution >= 4 is 28.6 Å². The van der Waals surface area contributed by atoms with Gasteiger partial charge in [-0.05, 0) is 56.7 Å². The average molecular weight is 490 g/mol. The summed E-state index contributed by atoms with van der Waals surface area (Å²) in [5.74, 6) is 13.2. The molecule has 2 unspecified atom stereocenters. The van der Waals surface area contributed by atoms with Crippen molar-refractivity contribution in [1.29, 1.82) is 0 Å². The van der Waals surface area contributed by atoms with Gasteiger partial charge in [0.2, 0.25) is 0 Å². The summed E-state index contributed by atoms with van der Waals surface area (Å²) in [6, 6.07) is 14.9. The van der Waals surface area contributed by atoms with Crippen molar-refractivity contribution in [1.82, 2.24) is 15.0 Å². The molecule has 1 amide bonds. The first-order chi connectivity index (χ1) is 17.5. The number of hydrogen-bond donors (Lipinski definition) is 3. The van der Waals surface area contributed by atoms with Crippen molar-refractivity contribution in [3.05, 3.63) is 59.4 Å². The van der Waals surface area contributed by atoms with E-state index in [1.54, 1.807) is 4.90 Å². The highest BCUT2D eigenvalue weighted by Crippen LogP contribution is 2.41. The number of rotatable bonds is 4. The van der Waals surface area contributed by atoms with Crippen LogP contribution in [0.5, 0.6) is 0 Å². The van der Waals surface area contributed by atoms with Crippen molar-refractivity contribution in [2.24, 2.45) is 22.7 Å². The number of anilines is 1. The Hall–Kier alpha value is -3.59. The van der Waals surface area contributed by atoms with Crippen molar-refractivity contribution < 1.29 is 9.53 Å². The third-order valence-corrected chi connectivity index (χ3v) is 7.79. The number of ether oxygens (including phenoxy) is 1. The van der Waals surface area contributed by atoms with E-state index < -0.39 is 0 Å². The maximum atomic E-state index is 12.6. The van der Waals surface area contributed by atoms with E-state index in [0.29, 0.717) is 5.84 Å². The summed E-state index contributed by atoms with van der Waals surface area (Å²) in [6.45, 7) is 2.06. The fourth-order valence-corrected chi connectivity index (χ4v) is 6.04. The van der Waals surface area contributed by atoms with Gasteiger partial charge >= 0.3 is 6.09 Å². The molecule has 2 aliphatic rings. The van der Waals surface area contributed by atoms with Crippen molar-refractivity contribution in [2.45, 2.75) is 64.0 Å². The predicted octanol–water partition coefficient (Wildman–Crippen LogP) is 4.00. The molecular weight excluding hydrogens is 454 g/mol. The number of nitrogens with one attached hydrogen (secondary N) is 1. The smallest absolute Gasteiger partial charge is 0.414 e. The maximum Gasteiger partial charge on any atom is 0.414 e. The number of hydrogen-bond acceptors (Lipinski definition) is 6. The lowest BCUT2D eigenvalue weighted by Crippen LogP contribution is -2.42. The molecular formula is C27H35N7O2. The molecule has 5 N–H and O–H groups in total. The Morgan fingerprint density at radius 2 is 2.00 bits per heavy atom.